The molecule has 0 radical (unpaired) electrons. The molecule has 1 aromatic heterocycles. The number of aryl methyl sites for hydroxylation is 2. The van der Waals surface area contributed by atoms with Crippen LogP contribution >= 0.6 is 15.9 Å². The van der Waals surface area contributed by atoms with Crippen molar-refractivity contribution >= 4 is 38.8 Å². The summed E-state index contributed by atoms with van der Waals surface area (Å²) < 4.78 is 29.0. The van der Waals surface area contributed by atoms with Crippen LogP contribution in [-0.2, 0) is 27.2 Å². The van der Waals surface area contributed by atoms with E-state index in [0.29, 0.717) is 38.2 Å². The first-order valence-corrected chi connectivity index (χ1v) is 15.5. The van der Waals surface area contributed by atoms with E-state index < -0.39 is 17.7 Å². The summed E-state index contributed by atoms with van der Waals surface area (Å²) in [6.45, 7) is 9.96. The number of hydrogen-bond donors (Lipinski definition) is 1. The standard InChI is InChI=1S/C33H43BrFN3O4/c1-22-27-10-6-11-28(35)31(27)38(17-8-18-41-5)30(22)24-9-7-16-37(21-24)29(39)20-26(36-32(40)42-33(2,3)4)19-23-12-14-25(34)15-13-23/h6,10-15,24,26H,7-9,16-21H2,1-5H3,(H,36,40)/t24?,26-/m1/s1. The van der Waals surface area contributed by atoms with Crippen molar-refractivity contribution in [3.63, 3.8) is 0 Å². The van der Waals surface area contributed by atoms with E-state index in [1.807, 2.05) is 56.0 Å². The first-order valence-electron chi connectivity index (χ1n) is 14.7. The number of carbonyl (C=O) groups is 2. The highest BCUT2D eigenvalue weighted by atomic mass is 79.9. The molecule has 0 aliphatic carbocycles. The highest BCUT2D eigenvalue weighted by Gasteiger charge is 2.31. The van der Waals surface area contributed by atoms with E-state index in [1.54, 1.807) is 13.2 Å². The average molecular weight is 645 g/mol. The maximum Gasteiger partial charge on any atom is 0.407 e. The summed E-state index contributed by atoms with van der Waals surface area (Å²) in [5.41, 5.74) is 3.17. The van der Waals surface area contributed by atoms with Gasteiger partial charge in [0.1, 0.15) is 11.4 Å². The van der Waals surface area contributed by atoms with E-state index in [9.17, 15) is 9.59 Å². The number of methoxy groups -OCH3 is 1. The number of fused-ring (bicyclic) bond motifs is 1. The Morgan fingerprint density at radius 1 is 1.17 bits per heavy atom. The van der Waals surface area contributed by atoms with Crippen LogP contribution in [-0.4, -0.2) is 59.9 Å². The fourth-order valence-corrected chi connectivity index (χ4v) is 6.26. The summed E-state index contributed by atoms with van der Waals surface area (Å²) in [6, 6.07) is 12.7. The normalized spacial score (nSPS) is 16.5. The van der Waals surface area contributed by atoms with E-state index in [0.717, 1.165) is 45.9 Å². The lowest BCUT2D eigenvalue weighted by atomic mass is 9.91. The summed E-state index contributed by atoms with van der Waals surface area (Å²) in [7, 11) is 1.67. The number of halogens is 2. The fourth-order valence-electron chi connectivity index (χ4n) is 6.00. The smallest absolute Gasteiger partial charge is 0.407 e. The van der Waals surface area contributed by atoms with Gasteiger partial charge in [0.15, 0.2) is 0 Å². The van der Waals surface area contributed by atoms with E-state index in [2.05, 4.69) is 32.7 Å². The van der Waals surface area contributed by atoms with Gasteiger partial charge in [0, 0.05) is 67.3 Å². The van der Waals surface area contributed by atoms with Crippen LogP contribution in [0, 0.1) is 12.7 Å². The van der Waals surface area contributed by atoms with Gasteiger partial charge in [-0.25, -0.2) is 9.18 Å². The van der Waals surface area contributed by atoms with Crippen LogP contribution in [0.2, 0.25) is 0 Å². The van der Waals surface area contributed by atoms with Gasteiger partial charge in [-0.3, -0.25) is 4.79 Å². The third-order valence-electron chi connectivity index (χ3n) is 7.76. The number of benzene rings is 2. The molecular formula is C33H43BrFN3O4. The predicted molar refractivity (Wildman–Crippen MR) is 167 cm³/mol. The molecule has 1 aliphatic heterocycles. The van der Waals surface area contributed by atoms with E-state index in [1.165, 1.54) is 6.07 Å². The van der Waals surface area contributed by atoms with Crippen molar-refractivity contribution in [2.45, 2.75) is 83.9 Å². The molecule has 1 fully saturated rings. The number of likely N-dealkylation sites (tertiary alicyclic amines) is 1. The van der Waals surface area contributed by atoms with E-state index in [4.69, 9.17) is 9.47 Å². The minimum atomic E-state index is -0.643. The van der Waals surface area contributed by atoms with Gasteiger partial charge in [0.25, 0.3) is 0 Å². The molecule has 2 atom stereocenters. The molecule has 42 heavy (non-hydrogen) atoms. The first kappa shape index (κ1) is 32.0. The monoisotopic (exact) mass is 643 g/mol. The summed E-state index contributed by atoms with van der Waals surface area (Å²) in [6.07, 6.45) is 2.67. The van der Waals surface area contributed by atoms with Gasteiger partial charge in [-0.2, -0.15) is 0 Å². The molecule has 1 saturated heterocycles. The number of ether oxygens (including phenoxy) is 2. The Morgan fingerprint density at radius 2 is 1.90 bits per heavy atom. The first-order chi connectivity index (χ1) is 20.0. The highest BCUT2D eigenvalue weighted by molar-refractivity contribution is 9.10. The lowest BCUT2D eigenvalue weighted by molar-refractivity contribution is -0.132. The molecule has 1 N–H and O–H groups in total. The van der Waals surface area contributed by atoms with Gasteiger partial charge < -0.3 is 24.3 Å². The number of aromatic nitrogens is 1. The number of piperidine rings is 1. The van der Waals surface area contributed by atoms with Crippen molar-refractivity contribution in [2.24, 2.45) is 0 Å². The molecule has 228 valence electrons. The average Bonchev–Trinajstić information content (AvgIpc) is 3.21. The minimum absolute atomic E-state index is 0.0104. The molecule has 1 unspecified atom stereocenters. The summed E-state index contributed by atoms with van der Waals surface area (Å²) in [5.74, 6) is -0.156. The topological polar surface area (TPSA) is 72.8 Å². The van der Waals surface area contributed by atoms with Crippen LogP contribution < -0.4 is 5.32 Å². The second-order valence-electron chi connectivity index (χ2n) is 12.2. The van der Waals surface area contributed by atoms with Crippen molar-refractivity contribution in [1.82, 2.24) is 14.8 Å². The summed E-state index contributed by atoms with van der Waals surface area (Å²) in [5, 5.41) is 3.86. The molecule has 2 heterocycles. The van der Waals surface area contributed by atoms with Gasteiger partial charge in [0.2, 0.25) is 5.91 Å². The Bertz CT molecular complexity index is 1380. The molecule has 1 aliphatic rings. The summed E-state index contributed by atoms with van der Waals surface area (Å²) in [4.78, 5) is 28.4. The zero-order valence-electron chi connectivity index (χ0n) is 25.3. The quantitative estimate of drug-likeness (QED) is 0.239. The molecule has 0 bridgehead atoms. The Morgan fingerprint density at radius 3 is 2.60 bits per heavy atom. The van der Waals surface area contributed by atoms with Crippen molar-refractivity contribution in [3.05, 3.63) is 69.6 Å². The molecule has 0 saturated carbocycles. The third-order valence-corrected chi connectivity index (χ3v) is 8.29. The van der Waals surface area contributed by atoms with Crippen LogP contribution in [0.4, 0.5) is 9.18 Å². The molecule has 9 heteroatoms. The van der Waals surface area contributed by atoms with Crippen LogP contribution in [0.3, 0.4) is 0 Å². The molecule has 0 spiro atoms. The second kappa shape index (κ2) is 14.0. The van der Waals surface area contributed by atoms with Crippen LogP contribution in [0.5, 0.6) is 0 Å². The molecule has 7 nitrogen and oxygen atoms in total. The Labute approximate surface area is 256 Å². The number of para-hydroxylation sites is 1. The SMILES string of the molecule is COCCCn1c(C2CCCN(C(=O)C[C@@H](Cc3ccc(Br)cc3)NC(=O)OC(C)(C)C)C2)c(C)c2cccc(F)c21. The Kier molecular flexibility index (Phi) is 10.7. The minimum Gasteiger partial charge on any atom is -0.444 e. The van der Waals surface area contributed by atoms with Crippen LogP contribution in [0.25, 0.3) is 10.9 Å². The predicted octanol–water partition coefficient (Wildman–Crippen LogP) is 7.12. The maximum absolute atomic E-state index is 15.1. The summed E-state index contributed by atoms with van der Waals surface area (Å²) >= 11 is 3.47. The molecular weight excluding hydrogens is 601 g/mol. The zero-order chi connectivity index (χ0) is 30.4. The number of rotatable bonds is 10. The van der Waals surface area contributed by atoms with Gasteiger partial charge in [-0.1, -0.05) is 40.2 Å². The number of nitrogens with one attached hydrogen (secondary N) is 1. The van der Waals surface area contributed by atoms with E-state index in [-0.39, 0.29) is 24.1 Å². The molecule has 2 aromatic carbocycles. The van der Waals surface area contributed by atoms with Crippen molar-refractivity contribution in [2.75, 3.05) is 26.8 Å². The van der Waals surface area contributed by atoms with Gasteiger partial charge >= 0.3 is 6.09 Å². The molecule has 2 amide bonds. The number of hydrogen-bond acceptors (Lipinski definition) is 4. The fraction of sp³-hybridized carbons (Fsp3) is 0.515. The van der Waals surface area contributed by atoms with Crippen molar-refractivity contribution < 1.29 is 23.5 Å². The number of alkyl carbamates (subject to hydrolysis) is 1. The Balaban J connectivity index is 1.54. The largest absolute Gasteiger partial charge is 0.444 e. The number of nitrogens with zero attached hydrogens (tertiary/aromatic N) is 2. The van der Waals surface area contributed by atoms with Gasteiger partial charge in [0.05, 0.1) is 5.52 Å². The zero-order valence-corrected chi connectivity index (χ0v) is 26.9. The molecule has 4 rings (SSSR count). The second-order valence-corrected chi connectivity index (χ2v) is 13.1. The van der Waals surface area contributed by atoms with Crippen LogP contribution in [0.15, 0.2) is 46.9 Å². The maximum atomic E-state index is 15.1. The lowest BCUT2D eigenvalue weighted by Crippen LogP contribution is -2.46. The van der Waals surface area contributed by atoms with Crippen LogP contribution in [0.1, 0.15) is 69.2 Å². The van der Waals surface area contributed by atoms with Gasteiger partial charge in [-0.05, 0) is 82.7 Å². The lowest BCUT2D eigenvalue weighted by Gasteiger charge is -2.35. The third kappa shape index (κ3) is 8.13. The van der Waals surface area contributed by atoms with Crippen molar-refractivity contribution in [1.29, 1.82) is 0 Å². The Hall–Kier alpha value is -2.91. The van der Waals surface area contributed by atoms with E-state index >= 15 is 4.39 Å². The number of amides is 2. The molecule has 3 aromatic rings. The number of carbonyl (C=O) groups excluding carboxylic acids is 2. The highest BCUT2D eigenvalue weighted by Crippen LogP contribution is 2.37. The van der Waals surface area contributed by atoms with Crippen molar-refractivity contribution in [3.8, 4) is 0 Å². The van der Waals surface area contributed by atoms with Gasteiger partial charge in [-0.15, -0.1) is 0 Å².